The summed E-state index contributed by atoms with van der Waals surface area (Å²) in [6.07, 6.45) is 0.694. The summed E-state index contributed by atoms with van der Waals surface area (Å²) in [6, 6.07) is 0. The quantitative estimate of drug-likeness (QED) is 0.614. The van der Waals surface area contributed by atoms with E-state index in [0.717, 1.165) is 32.7 Å². The molecule has 0 bridgehead atoms. The van der Waals surface area contributed by atoms with Gasteiger partial charge in [-0.2, -0.15) is 0 Å². The first kappa shape index (κ1) is 7.95. The predicted molar refractivity (Wildman–Crippen MR) is 39.9 cm³/mol. The molecule has 1 fully saturated rings. The van der Waals surface area contributed by atoms with Gasteiger partial charge in [-0.3, -0.25) is 4.39 Å². The Morgan fingerprint density at radius 1 is 1.30 bits per heavy atom. The number of nitrogens with one attached hydrogen (secondary N) is 1. The van der Waals surface area contributed by atoms with Gasteiger partial charge < -0.3 is 10.2 Å². The lowest BCUT2D eigenvalue weighted by molar-refractivity contribution is 0.230. The first-order valence-corrected chi connectivity index (χ1v) is 3.92. The molecule has 0 aromatic heterocycles. The Balaban J connectivity index is 2.02. The largest absolute Gasteiger partial charge is 0.314 e. The van der Waals surface area contributed by atoms with Crippen LogP contribution in [0, 0.1) is 0 Å². The summed E-state index contributed by atoms with van der Waals surface area (Å²) in [5.41, 5.74) is 0. The Morgan fingerprint density at radius 3 is 2.60 bits per heavy atom. The lowest BCUT2D eigenvalue weighted by Crippen LogP contribution is -2.43. The summed E-state index contributed by atoms with van der Waals surface area (Å²) >= 11 is 0. The minimum Gasteiger partial charge on any atom is -0.314 e. The highest BCUT2D eigenvalue weighted by Crippen LogP contribution is 1.93. The maximum absolute atomic E-state index is 11.7. The van der Waals surface area contributed by atoms with Gasteiger partial charge in [-0.25, -0.2) is 0 Å². The molecule has 2 nitrogen and oxygen atoms in total. The van der Waals surface area contributed by atoms with Gasteiger partial charge >= 0.3 is 0 Å². The van der Waals surface area contributed by atoms with Crippen LogP contribution >= 0.6 is 0 Å². The molecule has 10 heavy (non-hydrogen) atoms. The van der Waals surface area contributed by atoms with Crippen LogP contribution in [0.4, 0.5) is 4.39 Å². The summed E-state index contributed by atoms with van der Waals surface area (Å²) < 4.78 is 11.7. The highest BCUT2D eigenvalue weighted by Gasteiger charge is 2.07. The molecule has 0 atom stereocenters. The summed E-state index contributed by atoms with van der Waals surface area (Å²) in [5, 5.41) is 3.26. The number of rotatable bonds is 3. The molecule has 0 aromatic carbocycles. The molecule has 0 radical (unpaired) electrons. The molecule has 0 spiro atoms. The third kappa shape index (κ3) is 2.62. The molecule has 0 aromatic rings. The van der Waals surface area contributed by atoms with Crippen LogP contribution in [0.3, 0.4) is 0 Å². The Labute approximate surface area is 61.4 Å². The van der Waals surface area contributed by atoms with Crippen molar-refractivity contribution >= 4 is 0 Å². The molecule has 0 saturated carbocycles. The Bertz CT molecular complexity index is 81.7. The first-order chi connectivity index (χ1) is 4.93. The zero-order valence-electron chi connectivity index (χ0n) is 6.27. The van der Waals surface area contributed by atoms with Crippen molar-refractivity contribution in [3.8, 4) is 0 Å². The number of piperazine rings is 1. The van der Waals surface area contributed by atoms with Crippen molar-refractivity contribution in [1.82, 2.24) is 10.2 Å². The first-order valence-electron chi connectivity index (χ1n) is 3.92. The maximum Gasteiger partial charge on any atom is 0.0906 e. The van der Waals surface area contributed by atoms with E-state index in [9.17, 15) is 4.39 Å². The molecule has 60 valence electrons. The number of alkyl halides is 1. The average Bonchev–Trinajstić information content (AvgIpc) is 2.03. The third-order valence-corrected chi connectivity index (χ3v) is 1.82. The molecular weight excluding hydrogens is 131 g/mol. The molecule has 1 heterocycles. The van der Waals surface area contributed by atoms with Crippen molar-refractivity contribution < 1.29 is 4.39 Å². The molecule has 1 saturated heterocycles. The smallest absolute Gasteiger partial charge is 0.0906 e. The number of hydrogen-bond acceptors (Lipinski definition) is 2. The molecule has 0 amide bonds. The van der Waals surface area contributed by atoms with Crippen LogP contribution in [0.15, 0.2) is 0 Å². The second-order valence-corrected chi connectivity index (χ2v) is 2.63. The lowest BCUT2D eigenvalue weighted by atomic mass is 10.3. The van der Waals surface area contributed by atoms with E-state index in [2.05, 4.69) is 10.2 Å². The molecule has 1 aliphatic rings. The fraction of sp³-hybridized carbons (Fsp3) is 1.00. The topological polar surface area (TPSA) is 15.3 Å². The van der Waals surface area contributed by atoms with Gasteiger partial charge in [0.1, 0.15) is 0 Å². The maximum atomic E-state index is 11.7. The van der Waals surface area contributed by atoms with Gasteiger partial charge in [-0.1, -0.05) is 0 Å². The zero-order valence-corrected chi connectivity index (χ0v) is 6.27. The Morgan fingerprint density at radius 2 is 2.00 bits per heavy atom. The summed E-state index contributed by atoms with van der Waals surface area (Å²) in [6.45, 7) is 5.04. The van der Waals surface area contributed by atoms with Crippen molar-refractivity contribution in [2.75, 3.05) is 39.4 Å². The molecule has 0 unspecified atom stereocenters. The van der Waals surface area contributed by atoms with Crippen LogP contribution in [-0.4, -0.2) is 44.3 Å². The minimum atomic E-state index is -0.177. The van der Waals surface area contributed by atoms with Gasteiger partial charge in [0, 0.05) is 32.7 Å². The van der Waals surface area contributed by atoms with Gasteiger partial charge in [0.25, 0.3) is 0 Å². The summed E-state index contributed by atoms with van der Waals surface area (Å²) in [7, 11) is 0. The average molecular weight is 146 g/mol. The van der Waals surface area contributed by atoms with Crippen LogP contribution in [0.25, 0.3) is 0 Å². The summed E-state index contributed by atoms with van der Waals surface area (Å²) in [4.78, 5) is 2.30. The molecule has 1 N–H and O–H groups in total. The van der Waals surface area contributed by atoms with Gasteiger partial charge in [-0.15, -0.1) is 0 Å². The molecule has 3 heteroatoms. The number of nitrogens with zero attached hydrogens (tertiary/aromatic N) is 1. The zero-order chi connectivity index (χ0) is 7.23. The molecule has 0 aliphatic carbocycles. The second kappa shape index (κ2) is 4.63. The second-order valence-electron chi connectivity index (χ2n) is 2.63. The van der Waals surface area contributed by atoms with Crippen LogP contribution < -0.4 is 5.32 Å². The predicted octanol–water partition coefficient (Wildman–Crippen LogP) is 0.251. The van der Waals surface area contributed by atoms with E-state index in [1.54, 1.807) is 0 Å². The van der Waals surface area contributed by atoms with Crippen molar-refractivity contribution in [2.45, 2.75) is 6.42 Å². The van der Waals surface area contributed by atoms with Crippen molar-refractivity contribution in [3.63, 3.8) is 0 Å². The van der Waals surface area contributed by atoms with Gasteiger partial charge in [0.15, 0.2) is 0 Å². The highest BCUT2D eigenvalue weighted by molar-refractivity contribution is 4.66. The standard InChI is InChI=1S/C7H15FN2/c8-2-1-5-10-6-3-9-4-7-10/h9H,1-7H2. The summed E-state index contributed by atoms with van der Waals surface area (Å²) in [5.74, 6) is 0. The number of hydrogen-bond donors (Lipinski definition) is 1. The Kier molecular flexibility index (Phi) is 3.68. The van der Waals surface area contributed by atoms with E-state index in [0.29, 0.717) is 6.42 Å². The van der Waals surface area contributed by atoms with Crippen LogP contribution in [0.1, 0.15) is 6.42 Å². The van der Waals surface area contributed by atoms with E-state index in [4.69, 9.17) is 0 Å². The van der Waals surface area contributed by atoms with Crippen LogP contribution in [0.5, 0.6) is 0 Å². The van der Waals surface area contributed by atoms with Crippen LogP contribution in [0.2, 0.25) is 0 Å². The highest BCUT2D eigenvalue weighted by atomic mass is 19.1. The fourth-order valence-electron chi connectivity index (χ4n) is 1.22. The normalized spacial score (nSPS) is 21.3. The van der Waals surface area contributed by atoms with Gasteiger partial charge in [0.05, 0.1) is 6.67 Å². The fourth-order valence-corrected chi connectivity index (χ4v) is 1.22. The van der Waals surface area contributed by atoms with Gasteiger partial charge in [-0.05, 0) is 6.42 Å². The van der Waals surface area contributed by atoms with Crippen LogP contribution in [-0.2, 0) is 0 Å². The monoisotopic (exact) mass is 146 g/mol. The van der Waals surface area contributed by atoms with E-state index < -0.39 is 0 Å². The number of halogens is 1. The molecule has 1 rings (SSSR count). The lowest BCUT2D eigenvalue weighted by Gasteiger charge is -2.26. The van der Waals surface area contributed by atoms with Crippen molar-refractivity contribution in [3.05, 3.63) is 0 Å². The molecular formula is C7H15FN2. The SMILES string of the molecule is FCCCN1CCNCC1. The van der Waals surface area contributed by atoms with Gasteiger partial charge in [0.2, 0.25) is 0 Å². The van der Waals surface area contributed by atoms with E-state index >= 15 is 0 Å². The molecule has 1 aliphatic heterocycles. The Hall–Kier alpha value is -0.150. The third-order valence-electron chi connectivity index (χ3n) is 1.82. The van der Waals surface area contributed by atoms with E-state index in [1.165, 1.54) is 0 Å². The minimum absolute atomic E-state index is 0.177. The van der Waals surface area contributed by atoms with E-state index in [1.807, 2.05) is 0 Å². The van der Waals surface area contributed by atoms with Crippen molar-refractivity contribution in [2.24, 2.45) is 0 Å². The van der Waals surface area contributed by atoms with Crippen molar-refractivity contribution in [1.29, 1.82) is 0 Å². The van der Waals surface area contributed by atoms with E-state index in [-0.39, 0.29) is 6.67 Å².